The number of hydrogen-bond acceptors (Lipinski definition) is 6. The first-order chi connectivity index (χ1) is 8.60. The van der Waals surface area contributed by atoms with Crippen molar-refractivity contribution in [3.8, 4) is 0 Å². The fourth-order valence-electron chi connectivity index (χ4n) is 2.07. The van der Waals surface area contributed by atoms with Crippen LogP contribution in [0.1, 0.15) is 26.7 Å². The summed E-state index contributed by atoms with van der Waals surface area (Å²) < 4.78 is 0. The van der Waals surface area contributed by atoms with Crippen LogP contribution in [-0.2, 0) is 0 Å². The van der Waals surface area contributed by atoms with E-state index < -0.39 is 4.92 Å². The molecule has 0 atom stereocenters. The van der Waals surface area contributed by atoms with E-state index in [1.54, 1.807) is 0 Å². The van der Waals surface area contributed by atoms with Crippen LogP contribution in [-0.4, -0.2) is 27.5 Å². The summed E-state index contributed by atoms with van der Waals surface area (Å²) in [6.07, 6.45) is 3.30. The smallest absolute Gasteiger partial charge is 0.329 e. The van der Waals surface area contributed by atoms with Crippen LogP contribution in [0.15, 0.2) is 6.20 Å². The molecule has 1 aromatic rings. The third kappa shape index (κ3) is 2.66. The third-order valence-corrected chi connectivity index (χ3v) is 3.02. The lowest BCUT2D eigenvalue weighted by Crippen LogP contribution is -2.34. The summed E-state index contributed by atoms with van der Waals surface area (Å²) in [5.41, 5.74) is -0.0730. The highest BCUT2D eigenvalue weighted by Crippen LogP contribution is 2.31. The van der Waals surface area contributed by atoms with Crippen LogP contribution < -0.4 is 10.6 Å². The molecule has 0 aliphatic heterocycles. The minimum Gasteiger partial charge on any atom is -0.361 e. The summed E-state index contributed by atoms with van der Waals surface area (Å²) >= 11 is 0. The molecule has 7 nitrogen and oxygen atoms in total. The van der Waals surface area contributed by atoms with Gasteiger partial charge in [0.05, 0.1) is 4.92 Å². The molecule has 1 aliphatic carbocycles. The van der Waals surface area contributed by atoms with Crippen LogP contribution in [0.5, 0.6) is 0 Å². The van der Waals surface area contributed by atoms with Crippen molar-refractivity contribution in [1.82, 2.24) is 9.97 Å². The Balaban J connectivity index is 2.17. The lowest BCUT2D eigenvalue weighted by molar-refractivity contribution is -0.384. The van der Waals surface area contributed by atoms with E-state index in [1.807, 2.05) is 6.92 Å². The second-order valence-electron chi connectivity index (χ2n) is 4.63. The molecule has 0 amide bonds. The largest absolute Gasteiger partial charge is 0.361 e. The predicted molar refractivity (Wildman–Crippen MR) is 68.7 cm³/mol. The maximum Gasteiger partial charge on any atom is 0.329 e. The number of rotatable bonds is 5. The van der Waals surface area contributed by atoms with Crippen LogP contribution in [0.2, 0.25) is 0 Å². The lowest BCUT2D eigenvalue weighted by atomic mass is 9.82. The van der Waals surface area contributed by atoms with Crippen molar-refractivity contribution in [2.45, 2.75) is 32.7 Å². The van der Waals surface area contributed by atoms with Gasteiger partial charge in [-0.3, -0.25) is 10.1 Å². The van der Waals surface area contributed by atoms with Crippen LogP contribution >= 0.6 is 0 Å². The molecule has 7 heteroatoms. The maximum absolute atomic E-state index is 10.9. The summed E-state index contributed by atoms with van der Waals surface area (Å²) in [6.45, 7) is 4.76. The number of nitrogens with zero attached hydrogens (tertiary/aromatic N) is 3. The molecule has 1 saturated carbocycles. The van der Waals surface area contributed by atoms with E-state index in [-0.39, 0.29) is 11.7 Å². The topological polar surface area (TPSA) is 93.0 Å². The molecular formula is C11H17N5O2. The van der Waals surface area contributed by atoms with Gasteiger partial charge in [0.1, 0.15) is 6.20 Å². The fourth-order valence-corrected chi connectivity index (χ4v) is 2.07. The average Bonchev–Trinajstić information content (AvgIpc) is 2.27. The fraction of sp³-hybridized carbons (Fsp3) is 0.636. The molecule has 1 aliphatic rings. The van der Waals surface area contributed by atoms with Gasteiger partial charge in [-0.1, -0.05) is 6.92 Å². The average molecular weight is 251 g/mol. The van der Waals surface area contributed by atoms with Gasteiger partial charge in [-0.25, -0.2) is 4.98 Å². The Bertz CT molecular complexity index is 445. The molecule has 0 saturated heterocycles. The second-order valence-corrected chi connectivity index (χ2v) is 4.63. The molecule has 0 bridgehead atoms. The van der Waals surface area contributed by atoms with Crippen molar-refractivity contribution in [3.63, 3.8) is 0 Å². The first kappa shape index (κ1) is 12.5. The molecule has 0 radical (unpaired) electrons. The Labute approximate surface area is 105 Å². The van der Waals surface area contributed by atoms with Crippen LogP contribution in [0.3, 0.4) is 0 Å². The summed E-state index contributed by atoms with van der Waals surface area (Å²) in [6, 6.07) is 0.281. The lowest BCUT2D eigenvalue weighted by Gasteiger charge is -2.33. The zero-order valence-corrected chi connectivity index (χ0v) is 10.5. The maximum atomic E-state index is 10.9. The molecule has 0 aromatic carbocycles. The highest BCUT2D eigenvalue weighted by Gasteiger charge is 2.28. The second kappa shape index (κ2) is 5.16. The zero-order valence-electron chi connectivity index (χ0n) is 10.5. The van der Waals surface area contributed by atoms with E-state index in [0.717, 1.165) is 12.8 Å². The number of hydrogen-bond donors (Lipinski definition) is 2. The van der Waals surface area contributed by atoms with Crippen molar-refractivity contribution < 1.29 is 4.92 Å². The van der Waals surface area contributed by atoms with Gasteiger partial charge in [0.25, 0.3) is 0 Å². The van der Waals surface area contributed by atoms with Gasteiger partial charge in [-0.2, -0.15) is 4.98 Å². The molecule has 2 rings (SSSR count). The van der Waals surface area contributed by atoms with E-state index >= 15 is 0 Å². The highest BCUT2D eigenvalue weighted by atomic mass is 16.6. The monoisotopic (exact) mass is 251 g/mol. The van der Waals surface area contributed by atoms with Crippen molar-refractivity contribution in [1.29, 1.82) is 0 Å². The van der Waals surface area contributed by atoms with Gasteiger partial charge in [0, 0.05) is 12.6 Å². The molecular weight excluding hydrogens is 234 g/mol. The van der Waals surface area contributed by atoms with Crippen molar-refractivity contribution in [2.24, 2.45) is 5.92 Å². The third-order valence-electron chi connectivity index (χ3n) is 3.02. The van der Waals surface area contributed by atoms with Gasteiger partial charge in [-0.05, 0) is 25.7 Å². The molecule has 0 unspecified atom stereocenters. The Morgan fingerprint density at radius 2 is 2.28 bits per heavy atom. The van der Waals surface area contributed by atoms with Crippen LogP contribution in [0.4, 0.5) is 17.5 Å². The molecule has 0 spiro atoms. The minimum absolute atomic E-state index is 0.0730. The van der Waals surface area contributed by atoms with Crippen molar-refractivity contribution in [2.75, 3.05) is 17.2 Å². The van der Waals surface area contributed by atoms with Gasteiger partial charge < -0.3 is 10.6 Å². The molecule has 1 heterocycles. The summed E-state index contributed by atoms with van der Waals surface area (Å²) in [5.74, 6) is 1.40. The summed E-state index contributed by atoms with van der Waals surface area (Å²) in [4.78, 5) is 18.5. The van der Waals surface area contributed by atoms with E-state index in [4.69, 9.17) is 0 Å². The van der Waals surface area contributed by atoms with E-state index in [2.05, 4.69) is 27.5 Å². The molecule has 18 heavy (non-hydrogen) atoms. The Kier molecular flexibility index (Phi) is 3.59. The summed E-state index contributed by atoms with van der Waals surface area (Å²) in [7, 11) is 0. The van der Waals surface area contributed by atoms with E-state index in [1.165, 1.54) is 6.20 Å². The number of nitrogens with one attached hydrogen (secondary N) is 2. The Morgan fingerprint density at radius 1 is 1.56 bits per heavy atom. The predicted octanol–water partition coefficient (Wildman–Crippen LogP) is 2.03. The standard InChI is InChI=1S/C11H17N5O2/c1-3-12-11-13-6-9(16(17)18)10(15-11)14-8-4-7(2)5-8/h6-8H,3-5H2,1-2H3,(H2,12,13,14,15). The van der Waals surface area contributed by atoms with Gasteiger partial charge in [-0.15, -0.1) is 0 Å². The van der Waals surface area contributed by atoms with Gasteiger partial charge >= 0.3 is 5.69 Å². The first-order valence-corrected chi connectivity index (χ1v) is 6.12. The minimum atomic E-state index is -0.458. The number of anilines is 2. The Hall–Kier alpha value is -1.92. The highest BCUT2D eigenvalue weighted by molar-refractivity contribution is 5.57. The van der Waals surface area contributed by atoms with Crippen LogP contribution in [0, 0.1) is 16.0 Å². The number of aromatic nitrogens is 2. The van der Waals surface area contributed by atoms with Crippen molar-refractivity contribution >= 4 is 17.5 Å². The summed E-state index contributed by atoms with van der Waals surface area (Å²) in [5, 5.41) is 17.0. The van der Waals surface area contributed by atoms with E-state index in [0.29, 0.717) is 24.2 Å². The Morgan fingerprint density at radius 3 is 2.83 bits per heavy atom. The SMILES string of the molecule is CCNc1ncc([N+](=O)[O-])c(NC2CC(C)C2)n1. The van der Waals surface area contributed by atoms with Gasteiger partial charge in [0.15, 0.2) is 0 Å². The normalized spacial score (nSPS) is 22.1. The molecule has 2 N–H and O–H groups in total. The van der Waals surface area contributed by atoms with Gasteiger partial charge in [0.2, 0.25) is 11.8 Å². The molecule has 1 aromatic heterocycles. The van der Waals surface area contributed by atoms with Crippen molar-refractivity contribution in [3.05, 3.63) is 16.3 Å². The molecule has 1 fully saturated rings. The first-order valence-electron chi connectivity index (χ1n) is 6.12. The zero-order chi connectivity index (χ0) is 13.1. The number of nitro groups is 1. The van der Waals surface area contributed by atoms with E-state index in [9.17, 15) is 10.1 Å². The quantitative estimate of drug-likeness (QED) is 0.614. The molecule has 98 valence electrons. The van der Waals surface area contributed by atoms with Crippen LogP contribution in [0.25, 0.3) is 0 Å².